The predicted molar refractivity (Wildman–Crippen MR) is 36.1 cm³/mol. The van der Waals surface area contributed by atoms with Crippen molar-refractivity contribution in [3.63, 3.8) is 0 Å². The van der Waals surface area contributed by atoms with Gasteiger partial charge in [-0.1, -0.05) is 6.58 Å². The van der Waals surface area contributed by atoms with Crippen molar-refractivity contribution in [2.45, 2.75) is 0 Å². The Kier molecular flexibility index (Phi) is 3.58. The van der Waals surface area contributed by atoms with Crippen LogP contribution in [0.15, 0.2) is 24.4 Å². The van der Waals surface area contributed by atoms with Gasteiger partial charge in [0.25, 0.3) is 0 Å². The second kappa shape index (κ2) is 4.12. The molecule has 0 aromatic rings. The van der Waals surface area contributed by atoms with Gasteiger partial charge in [-0.25, -0.2) is 0 Å². The molecule has 8 heavy (non-hydrogen) atoms. The molecule has 0 saturated carbocycles. The van der Waals surface area contributed by atoms with Crippen molar-refractivity contribution in [1.29, 1.82) is 5.41 Å². The van der Waals surface area contributed by atoms with Crippen LogP contribution in [-0.4, -0.2) is 13.3 Å². The normalized spacial score (nSPS) is 9.12. The average Bonchev–Trinajstić information content (AvgIpc) is 1.83. The van der Waals surface area contributed by atoms with Gasteiger partial charge in [-0.05, 0) is 12.2 Å². The highest BCUT2D eigenvalue weighted by molar-refractivity contribution is 5.68. The molecule has 0 aromatic heterocycles. The fraction of sp³-hybridized carbons (Fsp3) is 0.167. The molecule has 0 aromatic carbocycles. The van der Waals surface area contributed by atoms with Gasteiger partial charge in [0.2, 0.25) is 0 Å². The number of likely N-dealkylation sites (N-methyl/N-ethyl adjacent to an activating group) is 1. The molecule has 2 heteroatoms. The van der Waals surface area contributed by atoms with Gasteiger partial charge in [0.15, 0.2) is 0 Å². The summed E-state index contributed by atoms with van der Waals surface area (Å²) < 4.78 is 0. The minimum Gasteiger partial charge on any atom is -0.389 e. The number of nitrogens with one attached hydrogen (secondary N) is 2. The van der Waals surface area contributed by atoms with Crippen LogP contribution in [0.25, 0.3) is 0 Å². The molecule has 0 atom stereocenters. The Labute approximate surface area is 49.4 Å². The topological polar surface area (TPSA) is 35.9 Å². The van der Waals surface area contributed by atoms with E-state index in [9.17, 15) is 0 Å². The van der Waals surface area contributed by atoms with E-state index in [1.165, 1.54) is 6.21 Å². The summed E-state index contributed by atoms with van der Waals surface area (Å²) >= 11 is 0. The molecule has 0 unspecified atom stereocenters. The Bertz CT molecular complexity index is 114. The number of hydrogen-bond donors (Lipinski definition) is 2. The van der Waals surface area contributed by atoms with Crippen LogP contribution in [0.1, 0.15) is 0 Å². The zero-order valence-electron chi connectivity index (χ0n) is 4.94. The largest absolute Gasteiger partial charge is 0.389 e. The van der Waals surface area contributed by atoms with E-state index in [4.69, 9.17) is 5.41 Å². The molecule has 2 nitrogen and oxygen atoms in total. The molecule has 0 spiro atoms. The average molecular weight is 110 g/mol. The maximum atomic E-state index is 6.59. The molecule has 0 aliphatic heterocycles. The summed E-state index contributed by atoms with van der Waals surface area (Å²) in [6.45, 7) is 3.61. The zero-order chi connectivity index (χ0) is 6.41. The van der Waals surface area contributed by atoms with Crippen molar-refractivity contribution in [3.05, 3.63) is 24.4 Å². The van der Waals surface area contributed by atoms with Gasteiger partial charge >= 0.3 is 0 Å². The minimum atomic E-state index is 0.813. The van der Waals surface area contributed by atoms with Gasteiger partial charge < -0.3 is 10.7 Å². The quantitative estimate of drug-likeness (QED) is 0.411. The van der Waals surface area contributed by atoms with E-state index in [0.29, 0.717) is 0 Å². The third-order valence-corrected chi connectivity index (χ3v) is 0.715. The first-order chi connectivity index (χ1) is 3.81. The lowest BCUT2D eigenvalue weighted by molar-refractivity contribution is 1.04. The summed E-state index contributed by atoms with van der Waals surface area (Å²) in [7, 11) is 1.79. The van der Waals surface area contributed by atoms with Crippen LogP contribution in [0, 0.1) is 5.41 Å². The lowest BCUT2D eigenvalue weighted by Crippen LogP contribution is -2.00. The smallest absolute Gasteiger partial charge is 0.0265 e. The molecule has 0 radical (unpaired) electrons. The first-order valence-corrected chi connectivity index (χ1v) is 2.35. The van der Waals surface area contributed by atoms with Gasteiger partial charge in [0.05, 0.1) is 0 Å². The lowest BCUT2D eigenvalue weighted by atomic mass is 10.4. The Morgan fingerprint density at radius 2 is 2.38 bits per heavy atom. The van der Waals surface area contributed by atoms with Crippen LogP contribution < -0.4 is 5.32 Å². The molecule has 0 amide bonds. The van der Waals surface area contributed by atoms with E-state index >= 15 is 0 Å². The van der Waals surface area contributed by atoms with Gasteiger partial charge in [-0.2, -0.15) is 0 Å². The highest BCUT2D eigenvalue weighted by atomic mass is 14.8. The van der Waals surface area contributed by atoms with Crippen molar-refractivity contribution in [1.82, 2.24) is 5.32 Å². The molecular formula is C6H10N2. The Morgan fingerprint density at radius 1 is 1.75 bits per heavy atom. The van der Waals surface area contributed by atoms with E-state index in [1.807, 2.05) is 0 Å². The van der Waals surface area contributed by atoms with Crippen LogP contribution in [0.5, 0.6) is 0 Å². The third kappa shape index (κ3) is 3.15. The monoisotopic (exact) mass is 110 g/mol. The molecule has 0 aliphatic carbocycles. The SMILES string of the molecule is C=C(/C=C\C=N)NC. The third-order valence-electron chi connectivity index (χ3n) is 0.715. The van der Waals surface area contributed by atoms with Crippen molar-refractivity contribution < 1.29 is 0 Å². The molecule has 0 heterocycles. The van der Waals surface area contributed by atoms with Crippen LogP contribution >= 0.6 is 0 Å². The molecule has 0 rings (SSSR count). The number of allylic oxidation sites excluding steroid dienone is 2. The summed E-state index contributed by atoms with van der Waals surface area (Å²) in [6.07, 6.45) is 4.55. The van der Waals surface area contributed by atoms with E-state index in [-0.39, 0.29) is 0 Å². The Morgan fingerprint density at radius 3 is 2.75 bits per heavy atom. The molecule has 0 fully saturated rings. The second-order valence-corrected chi connectivity index (χ2v) is 1.30. The lowest BCUT2D eigenvalue weighted by Gasteiger charge is -1.91. The predicted octanol–water partition coefficient (Wildman–Crippen LogP) is 0.925. The highest BCUT2D eigenvalue weighted by Crippen LogP contribution is 1.80. The summed E-state index contributed by atoms with van der Waals surface area (Å²) in [4.78, 5) is 0. The molecule has 0 bridgehead atoms. The molecular weight excluding hydrogens is 100 g/mol. The van der Waals surface area contributed by atoms with Crippen LogP contribution in [0.2, 0.25) is 0 Å². The Hall–Kier alpha value is -1.05. The van der Waals surface area contributed by atoms with Gasteiger partial charge in [-0.3, -0.25) is 0 Å². The molecule has 2 N–H and O–H groups in total. The highest BCUT2D eigenvalue weighted by Gasteiger charge is 1.73. The van der Waals surface area contributed by atoms with E-state index in [1.54, 1.807) is 19.2 Å². The van der Waals surface area contributed by atoms with Crippen LogP contribution in [0.4, 0.5) is 0 Å². The van der Waals surface area contributed by atoms with E-state index < -0.39 is 0 Å². The summed E-state index contributed by atoms with van der Waals surface area (Å²) in [5.74, 6) is 0. The fourth-order valence-electron chi connectivity index (χ4n) is 0.248. The summed E-state index contributed by atoms with van der Waals surface area (Å²) in [6, 6.07) is 0. The Balaban J connectivity index is 3.52. The van der Waals surface area contributed by atoms with E-state index in [0.717, 1.165) is 5.70 Å². The van der Waals surface area contributed by atoms with Crippen molar-refractivity contribution in [2.75, 3.05) is 7.05 Å². The first kappa shape index (κ1) is 6.95. The first-order valence-electron chi connectivity index (χ1n) is 2.35. The minimum absolute atomic E-state index is 0.813. The fourth-order valence-corrected chi connectivity index (χ4v) is 0.248. The standard InChI is InChI=1S/C6H10N2/c1-6(8-2)4-3-5-7/h3-5,7-8H,1H2,2H3/b4-3-,7-5?. The maximum Gasteiger partial charge on any atom is 0.0265 e. The zero-order valence-corrected chi connectivity index (χ0v) is 4.94. The number of hydrogen-bond acceptors (Lipinski definition) is 2. The van der Waals surface area contributed by atoms with Gasteiger partial charge in [0.1, 0.15) is 0 Å². The van der Waals surface area contributed by atoms with Gasteiger partial charge in [-0.15, -0.1) is 0 Å². The number of rotatable bonds is 3. The van der Waals surface area contributed by atoms with Crippen LogP contribution in [-0.2, 0) is 0 Å². The van der Waals surface area contributed by atoms with Crippen molar-refractivity contribution in [3.8, 4) is 0 Å². The molecule has 44 valence electrons. The van der Waals surface area contributed by atoms with Crippen LogP contribution in [0.3, 0.4) is 0 Å². The van der Waals surface area contributed by atoms with Crippen molar-refractivity contribution >= 4 is 6.21 Å². The summed E-state index contributed by atoms with van der Waals surface area (Å²) in [5.41, 5.74) is 0.813. The molecule has 0 saturated heterocycles. The molecule has 0 aliphatic rings. The van der Waals surface area contributed by atoms with Crippen molar-refractivity contribution in [2.24, 2.45) is 0 Å². The maximum absolute atomic E-state index is 6.59. The van der Waals surface area contributed by atoms with E-state index in [2.05, 4.69) is 11.9 Å². The summed E-state index contributed by atoms with van der Waals surface area (Å²) in [5, 5.41) is 9.41. The second-order valence-electron chi connectivity index (χ2n) is 1.30. The van der Waals surface area contributed by atoms with Gasteiger partial charge in [0, 0.05) is 19.0 Å².